The van der Waals surface area contributed by atoms with Crippen molar-refractivity contribution in [2.24, 2.45) is 0 Å². The van der Waals surface area contributed by atoms with E-state index < -0.39 is 11.7 Å². The average Bonchev–Trinajstić information content (AvgIpc) is 3.40. The third-order valence-corrected chi connectivity index (χ3v) is 7.07. The molecular formula is C27H36N6O5. The molecule has 3 heterocycles. The number of amides is 3. The van der Waals surface area contributed by atoms with Crippen LogP contribution in [0.1, 0.15) is 45.2 Å². The van der Waals surface area contributed by atoms with Gasteiger partial charge in [0.25, 0.3) is 0 Å². The highest BCUT2D eigenvalue weighted by atomic mass is 16.6. The first-order valence-corrected chi connectivity index (χ1v) is 13.2. The Balaban J connectivity index is 1.29. The summed E-state index contributed by atoms with van der Waals surface area (Å²) in [4.78, 5) is 41.8. The lowest BCUT2D eigenvalue weighted by molar-refractivity contribution is -0.119. The van der Waals surface area contributed by atoms with Gasteiger partial charge in [-0.1, -0.05) is 6.07 Å². The molecule has 204 valence electrons. The molecule has 2 fully saturated rings. The summed E-state index contributed by atoms with van der Waals surface area (Å²) in [6, 6.07) is 6.05. The van der Waals surface area contributed by atoms with Gasteiger partial charge in [-0.25, -0.2) is 9.59 Å². The summed E-state index contributed by atoms with van der Waals surface area (Å²) in [5.74, 6) is 0.800. The Kier molecular flexibility index (Phi) is 6.93. The normalized spacial score (nSPS) is 19.4. The second-order valence-corrected chi connectivity index (χ2v) is 11.1. The molecule has 3 aliphatic rings. The van der Waals surface area contributed by atoms with Gasteiger partial charge in [0, 0.05) is 49.9 Å². The van der Waals surface area contributed by atoms with Crippen LogP contribution in [0.2, 0.25) is 0 Å². The maximum Gasteiger partial charge on any atom is 0.414 e. The second kappa shape index (κ2) is 10.2. The van der Waals surface area contributed by atoms with Crippen LogP contribution in [0.5, 0.6) is 0 Å². The number of benzene rings is 1. The van der Waals surface area contributed by atoms with E-state index in [-0.39, 0.29) is 18.1 Å². The lowest BCUT2D eigenvalue weighted by Crippen LogP contribution is -2.50. The number of aryl methyl sites for hydroxylation is 1. The number of piperazine rings is 1. The Morgan fingerprint density at radius 1 is 1.18 bits per heavy atom. The minimum absolute atomic E-state index is 0.149. The SMILES string of the molecule is CC(=O)NCC1CN(c2ccc3c(c2)CCCc2c(N4CCN(C(=O)OC(C)(C)C)CC4)n[nH]c2-3)C(=O)O1. The number of fused-ring (bicyclic) bond motifs is 3. The van der Waals surface area contributed by atoms with Crippen molar-refractivity contribution in [3.05, 3.63) is 29.3 Å². The van der Waals surface area contributed by atoms with E-state index in [0.29, 0.717) is 39.3 Å². The van der Waals surface area contributed by atoms with Crippen molar-refractivity contribution in [2.45, 2.75) is 58.7 Å². The first-order chi connectivity index (χ1) is 18.1. The molecule has 1 unspecified atom stereocenters. The standard InChI is InChI=1S/C27H36N6O5/c1-17(34)28-15-20-16-33(26(36)37-20)19-8-9-21-18(14-19)6-5-7-22-23(21)29-30-24(22)31-10-12-32(13-11-31)25(35)38-27(2,3)4/h8-9,14,20H,5-7,10-13,15-16H2,1-4H3,(H,28,34)(H,29,30). The summed E-state index contributed by atoms with van der Waals surface area (Å²) in [5.41, 5.74) is 4.74. The first-order valence-electron chi connectivity index (χ1n) is 13.2. The number of hydrogen-bond donors (Lipinski definition) is 2. The molecule has 0 saturated carbocycles. The van der Waals surface area contributed by atoms with Gasteiger partial charge >= 0.3 is 12.2 Å². The smallest absolute Gasteiger partial charge is 0.414 e. The fourth-order valence-corrected chi connectivity index (χ4v) is 5.25. The zero-order valence-corrected chi connectivity index (χ0v) is 22.5. The molecule has 11 heteroatoms. The summed E-state index contributed by atoms with van der Waals surface area (Å²) in [5, 5.41) is 10.7. The number of carbonyl (C=O) groups is 3. The number of anilines is 2. The number of nitrogens with zero attached hydrogens (tertiary/aromatic N) is 4. The topological polar surface area (TPSA) is 120 Å². The van der Waals surface area contributed by atoms with Crippen LogP contribution >= 0.6 is 0 Å². The molecule has 2 aliphatic heterocycles. The zero-order chi connectivity index (χ0) is 27.0. The van der Waals surface area contributed by atoms with E-state index in [4.69, 9.17) is 14.6 Å². The third-order valence-electron chi connectivity index (χ3n) is 7.07. The van der Waals surface area contributed by atoms with Crippen molar-refractivity contribution in [1.82, 2.24) is 20.4 Å². The second-order valence-electron chi connectivity index (χ2n) is 11.1. The van der Waals surface area contributed by atoms with Crippen LogP contribution in [0.15, 0.2) is 18.2 Å². The summed E-state index contributed by atoms with van der Waals surface area (Å²) < 4.78 is 11.0. The molecule has 1 aliphatic carbocycles. The minimum atomic E-state index is -0.509. The summed E-state index contributed by atoms with van der Waals surface area (Å²) in [6.07, 6.45) is 1.69. The van der Waals surface area contributed by atoms with Crippen LogP contribution < -0.4 is 15.1 Å². The molecule has 0 spiro atoms. The number of cyclic esters (lactones) is 1. The lowest BCUT2D eigenvalue weighted by Gasteiger charge is -2.36. The van der Waals surface area contributed by atoms with E-state index in [1.54, 1.807) is 9.80 Å². The van der Waals surface area contributed by atoms with E-state index in [0.717, 1.165) is 47.6 Å². The van der Waals surface area contributed by atoms with Crippen molar-refractivity contribution in [2.75, 3.05) is 49.1 Å². The molecule has 1 aromatic heterocycles. The van der Waals surface area contributed by atoms with Gasteiger partial charge < -0.3 is 24.6 Å². The van der Waals surface area contributed by atoms with Gasteiger partial charge in [-0.05, 0) is 57.7 Å². The summed E-state index contributed by atoms with van der Waals surface area (Å²) in [6.45, 7) is 10.3. The Morgan fingerprint density at radius 2 is 1.95 bits per heavy atom. The number of aromatic nitrogens is 2. The molecular weight excluding hydrogens is 488 g/mol. The van der Waals surface area contributed by atoms with Gasteiger partial charge in [-0.15, -0.1) is 0 Å². The Labute approximate surface area is 222 Å². The van der Waals surface area contributed by atoms with Crippen LogP contribution in [0.4, 0.5) is 21.1 Å². The average molecular weight is 525 g/mol. The highest BCUT2D eigenvalue weighted by Gasteiger charge is 2.34. The van der Waals surface area contributed by atoms with Crippen molar-refractivity contribution >= 4 is 29.6 Å². The van der Waals surface area contributed by atoms with E-state index in [2.05, 4.69) is 21.4 Å². The molecule has 2 N–H and O–H groups in total. The number of hydrogen-bond acceptors (Lipinski definition) is 7. The molecule has 1 atom stereocenters. The molecule has 0 radical (unpaired) electrons. The highest BCUT2D eigenvalue weighted by molar-refractivity contribution is 5.91. The van der Waals surface area contributed by atoms with Gasteiger partial charge in [0.2, 0.25) is 5.91 Å². The Morgan fingerprint density at radius 3 is 2.66 bits per heavy atom. The van der Waals surface area contributed by atoms with E-state index in [1.165, 1.54) is 12.5 Å². The number of aromatic amines is 1. The molecule has 0 bridgehead atoms. The number of ether oxygens (including phenoxy) is 2. The third kappa shape index (κ3) is 5.41. The van der Waals surface area contributed by atoms with Crippen molar-refractivity contribution < 1.29 is 23.9 Å². The molecule has 11 nitrogen and oxygen atoms in total. The first kappa shape index (κ1) is 25.9. The van der Waals surface area contributed by atoms with Crippen molar-refractivity contribution in [1.29, 1.82) is 0 Å². The fourth-order valence-electron chi connectivity index (χ4n) is 5.25. The molecule has 2 saturated heterocycles. The van der Waals surface area contributed by atoms with Crippen molar-refractivity contribution in [3.8, 4) is 11.3 Å². The maximum absolute atomic E-state index is 12.5. The lowest BCUT2D eigenvalue weighted by atomic mass is 10.0. The van der Waals surface area contributed by atoms with E-state index in [9.17, 15) is 14.4 Å². The maximum atomic E-state index is 12.5. The number of carbonyl (C=O) groups excluding carboxylic acids is 3. The van der Waals surface area contributed by atoms with Gasteiger partial charge in [-0.3, -0.25) is 14.8 Å². The Hall–Kier alpha value is -3.76. The minimum Gasteiger partial charge on any atom is -0.444 e. The van der Waals surface area contributed by atoms with Crippen LogP contribution in [-0.4, -0.2) is 84.2 Å². The molecule has 5 rings (SSSR count). The van der Waals surface area contributed by atoms with Crippen LogP contribution in [0.3, 0.4) is 0 Å². The monoisotopic (exact) mass is 524 g/mol. The van der Waals surface area contributed by atoms with Crippen molar-refractivity contribution in [3.63, 3.8) is 0 Å². The number of H-pyrrole nitrogens is 1. The summed E-state index contributed by atoms with van der Waals surface area (Å²) >= 11 is 0. The predicted octanol–water partition coefficient (Wildman–Crippen LogP) is 3.08. The predicted molar refractivity (Wildman–Crippen MR) is 142 cm³/mol. The van der Waals surface area contributed by atoms with E-state index >= 15 is 0 Å². The van der Waals surface area contributed by atoms with Gasteiger partial charge in [-0.2, -0.15) is 5.10 Å². The summed E-state index contributed by atoms with van der Waals surface area (Å²) in [7, 11) is 0. The fraction of sp³-hybridized carbons (Fsp3) is 0.556. The quantitative estimate of drug-likeness (QED) is 0.631. The van der Waals surface area contributed by atoms with Gasteiger partial charge in [0.15, 0.2) is 5.82 Å². The van der Waals surface area contributed by atoms with E-state index in [1.807, 2.05) is 32.9 Å². The van der Waals surface area contributed by atoms with Crippen LogP contribution in [0.25, 0.3) is 11.3 Å². The van der Waals surface area contributed by atoms with Crippen LogP contribution in [0, 0.1) is 0 Å². The van der Waals surface area contributed by atoms with Crippen LogP contribution in [-0.2, 0) is 27.1 Å². The van der Waals surface area contributed by atoms with Gasteiger partial charge in [0.1, 0.15) is 11.7 Å². The largest absolute Gasteiger partial charge is 0.444 e. The Bertz CT molecular complexity index is 1230. The molecule has 38 heavy (non-hydrogen) atoms. The highest BCUT2D eigenvalue weighted by Crippen LogP contribution is 2.38. The number of rotatable bonds is 4. The molecule has 2 aromatic rings. The number of nitrogens with one attached hydrogen (secondary N) is 2. The molecule has 1 aromatic carbocycles. The van der Waals surface area contributed by atoms with Gasteiger partial charge in [0.05, 0.1) is 18.8 Å². The molecule has 3 amide bonds. The zero-order valence-electron chi connectivity index (χ0n) is 22.5.